The quantitative estimate of drug-likeness (QED) is 0.713. The fourth-order valence-corrected chi connectivity index (χ4v) is 3.50. The molecule has 2 unspecified atom stereocenters. The van der Waals surface area contributed by atoms with Gasteiger partial charge in [0.05, 0.1) is 6.10 Å². The summed E-state index contributed by atoms with van der Waals surface area (Å²) in [4.78, 5) is 10.7. The molecular formula is C12H17NO6S. The summed E-state index contributed by atoms with van der Waals surface area (Å²) < 4.78 is 31.3. The summed E-state index contributed by atoms with van der Waals surface area (Å²) in [5, 5.41) is 18.2. The first-order valence-corrected chi connectivity index (χ1v) is 7.92. The number of hydrogen-bond acceptors (Lipinski definition) is 5. The lowest BCUT2D eigenvalue weighted by Crippen LogP contribution is -2.42. The molecule has 0 radical (unpaired) electrons. The van der Waals surface area contributed by atoms with Gasteiger partial charge in [-0.3, -0.25) is 0 Å². The Morgan fingerprint density at radius 2 is 1.95 bits per heavy atom. The van der Waals surface area contributed by atoms with Gasteiger partial charge in [0, 0.05) is 6.04 Å². The molecule has 2 atom stereocenters. The van der Waals surface area contributed by atoms with Crippen molar-refractivity contribution >= 4 is 16.0 Å². The number of nitrogens with one attached hydrogen (secondary N) is 1. The predicted octanol–water partition coefficient (Wildman–Crippen LogP) is 0.950. The summed E-state index contributed by atoms with van der Waals surface area (Å²) in [5.41, 5.74) is 0. The van der Waals surface area contributed by atoms with Crippen LogP contribution < -0.4 is 4.72 Å². The number of carboxylic acids is 1. The lowest BCUT2D eigenvalue weighted by Gasteiger charge is -2.20. The topological polar surface area (TPSA) is 117 Å². The molecule has 20 heavy (non-hydrogen) atoms. The van der Waals surface area contributed by atoms with Crippen LogP contribution in [0.1, 0.15) is 42.7 Å². The predicted molar refractivity (Wildman–Crippen MR) is 68.9 cm³/mol. The number of aliphatic hydroxyl groups excluding tert-OH is 1. The number of hydrogen-bond donors (Lipinski definition) is 3. The summed E-state index contributed by atoms with van der Waals surface area (Å²) in [6, 6.07) is 1.61. The lowest BCUT2D eigenvalue weighted by atomic mass is 10.1. The first kappa shape index (κ1) is 15.0. The van der Waals surface area contributed by atoms with Crippen molar-refractivity contribution in [2.24, 2.45) is 0 Å². The van der Waals surface area contributed by atoms with Gasteiger partial charge in [-0.1, -0.05) is 19.3 Å². The number of sulfonamides is 1. The van der Waals surface area contributed by atoms with Crippen LogP contribution in [-0.2, 0) is 10.0 Å². The van der Waals surface area contributed by atoms with Gasteiger partial charge < -0.3 is 14.6 Å². The van der Waals surface area contributed by atoms with Gasteiger partial charge in [0.25, 0.3) is 10.0 Å². The molecule has 0 amide bonds. The first-order valence-electron chi connectivity index (χ1n) is 6.43. The number of carboxylic acid groups (broad SMARTS) is 1. The Morgan fingerprint density at radius 3 is 2.60 bits per heavy atom. The van der Waals surface area contributed by atoms with E-state index in [2.05, 4.69) is 4.72 Å². The average molecular weight is 303 g/mol. The number of furan rings is 1. The zero-order valence-electron chi connectivity index (χ0n) is 10.8. The largest absolute Gasteiger partial charge is 0.475 e. The van der Waals surface area contributed by atoms with E-state index >= 15 is 0 Å². The molecule has 0 aliphatic heterocycles. The van der Waals surface area contributed by atoms with Crippen molar-refractivity contribution in [2.75, 3.05) is 0 Å². The van der Waals surface area contributed by atoms with E-state index in [0.717, 1.165) is 31.4 Å². The fraction of sp³-hybridized carbons (Fsp3) is 0.583. The second-order valence-corrected chi connectivity index (χ2v) is 6.50. The Hall–Kier alpha value is -1.38. The van der Waals surface area contributed by atoms with Crippen LogP contribution in [0, 0.1) is 0 Å². The van der Waals surface area contributed by atoms with Gasteiger partial charge in [-0.15, -0.1) is 0 Å². The second-order valence-electron chi connectivity index (χ2n) is 4.86. The van der Waals surface area contributed by atoms with Crippen LogP contribution in [0.5, 0.6) is 0 Å². The SMILES string of the molecule is O=C(O)c1ccc(S(=O)(=O)NC2CCCCCC2O)o1. The van der Waals surface area contributed by atoms with E-state index in [0.29, 0.717) is 12.8 Å². The highest BCUT2D eigenvalue weighted by Gasteiger charge is 2.29. The summed E-state index contributed by atoms with van der Waals surface area (Å²) in [7, 11) is -3.96. The third-order valence-electron chi connectivity index (χ3n) is 3.34. The minimum Gasteiger partial charge on any atom is -0.475 e. The molecule has 3 N–H and O–H groups in total. The van der Waals surface area contributed by atoms with E-state index in [9.17, 15) is 18.3 Å². The maximum absolute atomic E-state index is 12.1. The molecule has 1 aromatic rings. The molecule has 1 heterocycles. The fourth-order valence-electron chi connectivity index (χ4n) is 2.26. The molecule has 8 heteroatoms. The molecule has 1 aliphatic rings. The minimum atomic E-state index is -3.96. The molecule has 7 nitrogen and oxygen atoms in total. The van der Waals surface area contributed by atoms with Crippen molar-refractivity contribution in [3.05, 3.63) is 17.9 Å². The van der Waals surface area contributed by atoms with Crippen molar-refractivity contribution in [3.63, 3.8) is 0 Å². The second kappa shape index (κ2) is 5.94. The number of aromatic carboxylic acids is 1. The van der Waals surface area contributed by atoms with E-state index in [1.165, 1.54) is 0 Å². The third kappa shape index (κ3) is 3.38. The van der Waals surface area contributed by atoms with Crippen molar-refractivity contribution in [1.82, 2.24) is 4.72 Å². The van der Waals surface area contributed by atoms with Crippen LogP contribution in [0.15, 0.2) is 21.6 Å². The summed E-state index contributed by atoms with van der Waals surface area (Å²) in [6.45, 7) is 0. The van der Waals surface area contributed by atoms with Crippen LogP contribution >= 0.6 is 0 Å². The number of rotatable bonds is 4. The van der Waals surface area contributed by atoms with Crippen LogP contribution in [0.3, 0.4) is 0 Å². The highest BCUT2D eigenvalue weighted by atomic mass is 32.2. The Kier molecular flexibility index (Phi) is 4.46. The molecule has 0 saturated heterocycles. The van der Waals surface area contributed by atoms with E-state index in [4.69, 9.17) is 9.52 Å². The van der Waals surface area contributed by atoms with Crippen molar-refractivity contribution in [1.29, 1.82) is 0 Å². The zero-order valence-corrected chi connectivity index (χ0v) is 11.6. The molecule has 1 aromatic heterocycles. The Bertz CT molecular complexity index is 579. The smallest absolute Gasteiger partial charge is 0.371 e. The van der Waals surface area contributed by atoms with Crippen LogP contribution in [0.2, 0.25) is 0 Å². The maximum atomic E-state index is 12.1. The standard InChI is InChI=1S/C12H17NO6S/c14-9-5-3-1-2-4-8(9)13-20(17,18)11-7-6-10(19-11)12(15)16/h6-9,13-14H,1-5H2,(H,15,16). The number of carbonyl (C=O) groups is 1. The highest BCUT2D eigenvalue weighted by molar-refractivity contribution is 7.89. The van der Waals surface area contributed by atoms with Crippen molar-refractivity contribution < 1.29 is 27.8 Å². The molecule has 1 fully saturated rings. The molecule has 1 aliphatic carbocycles. The van der Waals surface area contributed by atoms with Gasteiger partial charge in [-0.25, -0.2) is 17.9 Å². The van der Waals surface area contributed by atoms with Crippen LogP contribution in [-0.4, -0.2) is 36.7 Å². The van der Waals surface area contributed by atoms with E-state index in [1.807, 2.05) is 0 Å². The molecule has 2 rings (SSSR count). The molecule has 0 aromatic carbocycles. The summed E-state index contributed by atoms with van der Waals surface area (Å²) in [6.07, 6.45) is 3.02. The summed E-state index contributed by atoms with van der Waals surface area (Å²) in [5.74, 6) is -1.77. The van der Waals surface area contributed by atoms with Gasteiger partial charge >= 0.3 is 5.97 Å². The Morgan fingerprint density at radius 1 is 1.25 bits per heavy atom. The summed E-state index contributed by atoms with van der Waals surface area (Å²) >= 11 is 0. The molecule has 112 valence electrons. The van der Waals surface area contributed by atoms with Crippen molar-refractivity contribution in [3.8, 4) is 0 Å². The van der Waals surface area contributed by atoms with Gasteiger partial charge in [0.1, 0.15) is 0 Å². The first-order chi connectivity index (χ1) is 9.40. The molecule has 1 saturated carbocycles. The van der Waals surface area contributed by atoms with E-state index in [1.54, 1.807) is 0 Å². The zero-order chi connectivity index (χ0) is 14.8. The Labute approximate surface area is 116 Å². The van der Waals surface area contributed by atoms with Crippen LogP contribution in [0.4, 0.5) is 0 Å². The van der Waals surface area contributed by atoms with Crippen molar-refractivity contribution in [2.45, 2.75) is 49.3 Å². The Balaban J connectivity index is 2.15. The normalized spacial score (nSPS) is 24.2. The van der Waals surface area contributed by atoms with Gasteiger partial charge in [-0.05, 0) is 25.0 Å². The molecular weight excluding hydrogens is 286 g/mol. The van der Waals surface area contributed by atoms with Gasteiger partial charge in [0.15, 0.2) is 0 Å². The van der Waals surface area contributed by atoms with Gasteiger partial charge in [-0.2, -0.15) is 0 Å². The average Bonchev–Trinajstić information content (AvgIpc) is 2.79. The van der Waals surface area contributed by atoms with E-state index < -0.39 is 39.0 Å². The monoisotopic (exact) mass is 303 g/mol. The molecule has 0 spiro atoms. The maximum Gasteiger partial charge on any atom is 0.371 e. The van der Waals surface area contributed by atoms with Gasteiger partial charge in [0.2, 0.25) is 10.9 Å². The number of aliphatic hydroxyl groups is 1. The van der Waals surface area contributed by atoms with Crippen LogP contribution in [0.25, 0.3) is 0 Å². The van der Waals surface area contributed by atoms with E-state index in [-0.39, 0.29) is 0 Å². The lowest BCUT2D eigenvalue weighted by molar-refractivity contribution is 0.0656. The minimum absolute atomic E-state index is 0.438. The molecule has 0 bridgehead atoms. The third-order valence-corrected chi connectivity index (χ3v) is 4.71. The highest BCUT2D eigenvalue weighted by Crippen LogP contribution is 2.21.